The summed E-state index contributed by atoms with van der Waals surface area (Å²) in [5.74, 6) is 1.24. The molecule has 0 saturated carbocycles. The Hall–Kier alpha value is -1.60. The third kappa shape index (κ3) is 3.71. The molecule has 1 saturated heterocycles. The minimum Gasteiger partial charge on any atom is -0.477 e. The van der Waals surface area contributed by atoms with Crippen molar-refractivity contribution in [1.29, 1.82) is 5.26 Å². The number of aromatic nitrogens is 1. The van der Waals surface area contributed by atoms with Crippen LogP contribution in [-0.4, -0.2) is 24.7 Å². The fourth-order valence-electron chi connectivity index (χ4n) is 2.30. The fraction of sp³-hybridized carbons (Fsp3) is 0.571. The van der Waals surface area contributed by atoms with Crippen LogP contribution in [0.25, 0.3) is 0 Å². The van der Waals surface area contributed by atoms with Crippen molar-refractivity contribution < 1.29 is 4.74 Å². The van der Waals surface area contributed by atoms with Crippen LogP contribution < -0.4 is 10.1 Å². The highest BCUT2D eigenvalue weighted by Gasteiger charge is 2.12. The molecule has 1 aromatic heterocycles. The van der Waals surface area contributed by atoms with Crippen LogP contribution in [0.2, 0.25) is 0 Å². The van der Waals surface area contributed by atoms with Gasteiger partial charge in [-0.25, -0.2) is 4.98 Å². The zero-order valence-electron chi connectivity index (χ0n) is 10.6. The topological polar surface area (TPSA) is 57.9 Å². The predicted octanol–water partition coefficient (Wildman–Crippen LogP) is 2.11. The molecule has 2 rings (SSSR count). The van der Waals surface area contributed by atoms with Gasteiger partial charge in [-0.15, -0.1) is 0 Å². The molecule has 4 heteroatoms. The van der Waals surface area contributed by atoms with Gasteiger partial charge in [-0.1, -0.05) is 0 Å². The zero-order chi connectivity index (χ0) is 12.6. The lowest BCUT2D eigenvalue weighted by atomic mass is 9.95. The van der Waals surface area contributed by atoms with Crippen molar-refractivity contribution in [3.63, 3.8) is 0 Å². The van der Waals surface area contributed by atoms with Crippen LogP contribution in [0, 0.1) is 17.2 Å². The maximum absolute atomic E-state index is 8.90. The Bertz CT molecular complexity index is 408. The quantitative estimate of drug-likeness (QED) is 0.807. The molecule has 0 spiro atoms. The van der Waals surface area contributed by atoms with Gasteiger partial charge in [-0.3, -0.25) is 0 Å². The number of ether oxygens (including phenoxy) is 1. The SMILES string of the molecule is N#Cc1cccnc1OCCC[C@H]1CCCNC1. The molecule has 0 radical (unpaired) electrons. The molecule has 1 atom stereocenters. The molecule has 18 heavy (non-hydrogen) atoms. The summed E-state index contributed by atoms with van der Waals surface area (Å²) in [4.78, 5) is 4.08. The van der Waals surface area contributed by atoms with Gasteiger partial charge in [0, 0.05) is 6.20 Å². The van der Waals surface area contributed by atoms with E-state index in [-0.39, 0.29) is 0 Å². The van der Waals surface area contributed by atoms with Crippen LogP contribution in [0.5, 0.6) is 5.88 Å². The molecule has 0 aliphatic carbocycles. The maximum atomic E-state index is 8.90. The fourth-order valence-corrected chi connectivity index (χ4v) is 2.30. The summed E-state index contributed by atoms with van der Waals surface area (Å²) in [5, 5.41) is 12.3. The van der Waals surface area contributed by atoms with Crippen LogP contribution in [0.15, 0.2) is 18.3 Å². The van der Waals surface area contributed by atoms with Gasteiger partial charge in [0.05, 0.1) is 6.61 Å². The summed E-state index contributed by atoms with van der Waals surface area (Å²) in [6.45, 7) is 2.93. The molecule has 1 aromatic rings. The lowest BCUT2D eigenvalue weighted by molar-refractivity contribution is 0.267. The molecule has 1 aliphatic heterocycles. The van der Waals surface area contributed by atoms with E-state index < -0.39 is 0 Å². The van der Waals surface area contributed by atoms with E-state index in [2.05, 4.69) is 16.4 Å². The summed E-state index contributed by atoms with van der Waals surface area (Å²) < 4.78 is 5.57. The normalized spacial score (nSPS) is 19.2. The molecule has 4 nitrogen and oxygen atoms in total. The number of hydrogen-bond donors (Lipinski definition) is 1. The van der Waals surface area contributed by atoms with Gasteiger partial charge in [-0.05, 0) is 56.8 Å². The highest BCUT2D eigenvalue weighted by atomic mass is 16.5. The van der Waals surface area contributed by atoms with E-state index in [4.69, 9.17) is 10.00 Å². The number of nitrogens with one attached hydrogen (secondary N) is 1. The van der Waals surface area contributed by atoms with E-state index in [0.29, 0.717) is 18.1 Å². The average molecular weight is 245 g/mol. The number of nitriles is 1. The van der Waals surface area contributed by atoms with Crippen LogP contribution in [0.3, 0.4) is 0 Å². The first-order chi connectivity index (χ1) is 8.90. The second-order valence-electron chi connectivity index (χ2n) is 4.67. The van der Waals surface area contributed by atoms with Gasteiger partial charge in [0.15, 0.2) is 0 Å². The molecule has 0 amide bonds. The van der Waals surface area contributed by atoms with Crippen LogP contribution in [-0.2, 0) is 0 Å². The number of piperidine rings is 1. The molecule has 0 unspecified atom stereocenters. The Morgan fingerprint density at radius 1 is 1.56 bits per heavy atom. The summed E-state index contributed by atoms with van der Waals surface area (Å²) in [5.41, 5.74) is 0.511. The third-order valence-corrected chi connectivity index (χ3v) is 3.29. The standard InChI is InChI=1S/C14H19N3O/c15-10-13-6-2-8-17-14(13)18-9-3-5-12-4-1-7-16-11-12/h2,6,8,12,16H,1,3-5,7,9,11H2/t12-/m1/s1. The molecular formula is C14H19N3O. The summed E-state index contributed by atoms with van der Waals surface area (Å²) >= 11 is 0. The van der Waals surface area contributed by atoms with Crippen molar-refractivity contribution >= 4 is 0 Å². The van der Waals surface area contributed by atoms with E-state index in [1.165, 1.54) is 19.3 Å². The van der Waals surface area contributed by atoms with Gasteiger partial charge in [0.25, 0.3) is 0 Å². The highest BCUT2D eigenvalue weighted by molar-refractivity contribution is 5.36. The molecule has 1 N–H and O–H groups in total. The highest BCUT2D eigenvalue weighted by Crippen LogP contribution is 2.17. The molecule has 1 fully saturated rings. The Morgan fingerprint density at radius 2 is 2.50 bits per heavy atom. The minimum absolute atomic E-state index is 0.460. The van der Waals surface area contributed by atoms with E-state index in [0.717, 1.165) is 25.4 Å². The van der Waals surface area contributed by atoms with Gasteiger partial charge in [-0.2, -0.15) is 5.26 Å². The van der Waals surface area contributed by atoms with E-state index in [1.807, 2.05) is 0 Å². The molecule has 1 aliphatic rings. The van der Waals surface area contributed by atoms with Gasteiger partial charge in [0.1, 0.15) is 11.6 Å². The Labute approximate surface area is 108 Å². The minimum atomic E-state index is 0.460. The predicted molar refractivity (Wildman–Crippen MR) is 69.3 cm³/mol. The summed E-state index contributed by atoms with van der Waals surface area (Å²) in [7, 11) is 0. The van der Waals surface area contributed by atoms with Crippen LogP contribution in [0.1, 0.15) is 31.2 Å². The molecule has 2 heterocycles. The average Bonchev–Trinajstić information content (AvgIpc) is 2.45. The van der Waals surface area contributed by atoms with Crippen LogP contribution in [0.4, 0.5) is 0 Å². The number of nitrogens with zero attached hydrogens (tertiary/aromatic N) is 2. The van der Waals surface area contributed by atoms with Crippen molar-refractivity contribution in [3.05, 3.63) is 23.9 Å². The largest absolute Gasteiger partial charge is 0.477 e. The van der Waals surface area contributed by atoms with E-state index in [1.54, 1.807) is 18.3 Å². The van der Waals surface area contributed by atoms with E-state index in [9.17, 15) is 0 Å². The lowest BCUT2D eigenvalue weighted by Crippen LogP contribution is -2.29. The molecular weight excluding hydrogens is 226 g/mol. The molecule has 0 aromatic carbocycles. The first-order valence-electron chi connectivity index (χ1n) is 6.59. The molecule has 0 bridgehead atoms. The van der Waals surface area contributed by atoms with Crippen LogP contribution >= 0.6 is 0 Å². The van der Waals surface area contributed by atoms with Crippen molar-refractivity contribution in [2.75, 3.05) is 19.7 Å². The number of pyridine rings is 1. The lowest BCUT2D eigenvalue weighted by Gasteiger charge is -2.22. The summed E-state index contributed by atoms with van der Waals surface area (Å²) in [6, 6.07) is 5.57. The van der Waals surface area contributed by atoms with E-state index >= 15 is 0 Å². The van der Waals surface area contributed by atoms with Gasteiger partial charge < -0.3 is 10.1 Å². The number of hydrogen-bond acceptors (Lipinski definition) is 4. The zero-order valence-corrected chi connectivity index (χ0v) is 10.6. The Kier molecular flexibility index (Phi) is 4.98. The van der Waals surface area contributed by atoms with Gasteiger partial charge >= 0.3 is 0 Å². The second kappa shape index (κ2) is 6.97. The first-order valence-corrected chi connectivity index (χ1v) is 6.59. The third-order valence-electron chi connectivity index (χ3n) is 3.29. The van der Waals surface area contributed by atoms with Crippen molar-refractivity contribution in [3.8, 4) is 11.9 Å². The maximum Gasteiger partial charge on any atom is 0.231 e. The Balaban J connectivity index is 1.70. The van der Waals surface area contributed by atoms with Crippen molar-refractivity contribution in [2.24, 2.45) is 5.92 Å². The second-order valence-corrected chi connectivity index (χ2v) is 4.67. The molecule has 96 valence electrons. The monoisotopic (exact) mass is 245 g/mol. The van der Waals surface area contributed by atoms with Crippen molar-refractivity contribution in [2.45, 2.75) is 25.7 Å². The Morgan fingerprint density at radius 3 is 3.28 bits per heavy atom. The van der Waals surface area contributed by atoms with Gasteiger partial charge in [0.2, 0.25) is 5.88 Å². The smallest absolute Gasteiger partial charge is 0.231 e. The summed E-state index contributed by atoms with van der Waals surface area (Å²) in [6.07, 6.45) is 6.46. The van der Waals surface area contributed by atoms with Crippen molar-refractivity contribution in [1.82, 2.24) is 10.3 Å². The first kappa shape index (κ1) is 12.8. The number of rotatable bonds is 5.